The Morgan fingerprint density at radius 2 is 2.10 bits per heavy atom. The first-order valence-electron chi connectivity index (χ1n) is 7.30. The molecule has 1 aromatic heterocycles. The molecule has 0 radical (unpaired) electrons. The van der Waals surface area contributed by atoms with E-state index in [9.17, 15) is 10.1 Å². The number of nitrogens with zero attached hydrogens (tertiary/aromatic N) is 3. The molecule has 0 saturated carbocycles. The van der Waals surface area contributed by atoms with Crippen molar-refractivity contribution < 1.29 is 4.92 Å². The zero-order chi connectivity index (χ0) is 14.1. The van der Waals surface area contributed by atoms with E-state index in [4.69, 9.17) is 0 Å². The van der Waals surface area contributed by atoms with Crippen molar-refractivity contribution in [3.8, 4) is 0 Å². The smallest absolute Gasteiger partial charge is 0.287 e. The monoisotopic (exact) mass is 276 g/mol. The first kappa shape index (κ1) is 13.3. The summed E-state index contributed by atoms with van der Waals surface area (Å²) in [6, 6.07) is 5.07. The van der Waals surface area contributed by atoms with Crippen LogP contribution in [0.15, 0.2) is 18.3 Å². The predicted octanol–water partition coefficient (Wildman–Crippen LogP) is 2.10. The Kier molecular flexibility index (Phi) is 3.56. The lowest BCUT2D eigenvalue weighted by atomic mass is 9.98. The molecule has 1 aromatic rings. The third-order valence-corrected chi connectivity index (χ3v) is 4.47. The minimum Gasteiger partial charge on any atom is -0.354 e. The van der Waals surface area contributed by atoms with Gasteiger partial charge in [-0.2, -0.15) is 0 Å². The van der Waals surface area contributed by atoms with Gasteiger partial charge in [0.2, 0.25) is 0 Å². The van der Waals surface area contributed by atoms with Crippen molar-refractivity contribution >= 4 is 11.5 Å². The predicted molar refractivity (Wildman–Crippen MR) is 76.9 cm³/mol. The zero-order valence-electron chi connectivity index (χ0n) is 11.7. The number of anilines is 1. The van der Waals surface area contributed by atoms with Gasteiger partial charge < -0.3 is 10.2 Å². The number of nitrogens with one attached hydrogen (secondary N) is 1. The topological polar surface area (TPSA) is 71.3 Å². The number of piperidine rings is 1. The van der Waals surface area contributed by atoms with Gasteiger partial charge in [-0.1, -0.05) is 0 Å². The fraction of sp³-hybridized carbons (Fsp3) is 0.643. The summed E-state index contributed by atoms with van der Waals surface area (Å²) in [6.45, 7) is 3.00. The van der Waals surface area contributed by atoms with Crippen molar-refractivity contribution in [2.75, 3.05) is 11.4 Å². The third kappa shape index (κ3) is 2.47. The summed E-state index contributed by atoms with van der Waals surface area (Å²) in [5.74, 6) is 0.851. The van der Waals surface area contributed by atoms with E-state index in [1.807, 2.05) is 0 Å². The van der Waals surface area contributed by atoms with E-state index in [2.05, 4.69) is 22.1 Å². The fourth-order valence-electron chi connectivity index (χ4n) is 3.55. The average Bonchev–Trinajstić information content (AvgIpc) is 2.79. The number of fused-ring (bicyclic) bond motifs is 2. The lowest BCUT2D eigenvalue weighted by molar-refractivity contribution is -0.385. The molecule has 3 rings (SSSR count). The molecular formula is C14H20N4O2. The highest BCUT2D eigenvalue weighted by Gasteiger charge is 2.36. The maximum Gasteiger partial charge on any atom is 0.287 e. The van der Waals surface area contributed by atoms with Gasteiger partial charge in [0.25, 0.3) is 5.69 Å². The Labute approximate surface area is 118 Å². The molecule has 0 amide bonds. The quantitative estimate of drug-likeness (QED) is 0.673. The Bertz CT molecular complexity index is 478. The second kappa shape index (κ2) is 5.36. The first-order valence-corrected chi connectivity index (χ1v) is 7.30. The van der Waals surface area contributed by atoms with Gasteiger partial charge >= 0.3 is 0 Å². The highest BCUT2D eigenvalue weighted by Crippen LogP contribution is 2.31. The van der Waals surface area contributed by atoms with Crippen LogP contribution in [-0.4, -0.2) is 34.6 Å². The molecule has 0 aliphatic carbocycles. The summed E-state index contributed by atoms with van der Waals surface area (Å²) in [5.41, 5.74) is 0.0511. The summed E-state index contributed by atoms with van der Waals surface area (Å²) in [6.07, 6.45) is 6.18. The molecule has 1 N–H and O–H groups in total. The molecule has 108 valence electrons. The minimum atomic E-state index is -0.405. The van der Waals surface area contributed by atoms with Crippen LogP contribution in [0.1, 0.15) is 32.6 Å². The van der Waals surface area contributed by atoms with E-state index in [0.29, 0.717) is 18.1 Å². The van der Waals surface area contributed by atoms with Crippen molar-refractivity contribution in [1.29, 1.82) is 0 Å². The molecule has 0 aromatic carbocycles. The third-order valence-electron chi connectivity index (χ3n) is 4.47. The number of hydrogen-bond acceptors (Lipinski definition) is 5. The molecule has 2 aliphatic rings. The van der Waals surface area contributed by atoms with Gasteiger partial charge in [0.15, 0.2) is 0 Å². The van der Waals surface area contributed by atoms with Crippen LogP contribution in [0.2, 0.25) is 0 Å². The summed E-state index contributed by atoms with van der Waals surface area (Å²) in [7, 11) is 0. The van der Waals surface area contributed by atoms with Crippen LogP contribution in [0.5, 0.6) is 0 Å². The summed E-state index contributed by atoms with van der Waals surface area (Å²) in [5, 5.41) is 14.3. The van der Waals surface area contributed by atoms with Crippen LogP contribution < -0.4 is 10.2 Å². The van der Waals surface area contributed by atoms with Gasteiger partial charge in [-0.15, -0.1) is 0 Å². The lowest BCUT2D eigenvalue weighted by Crippen LogP contribution is -2.48. The lowest BCUT2D eigenvalue weighted by Gasteiger charge is -2.38. The molecule has 6 heteroatoms. The number of hydrogen-bond donors (Lipinski definition) is 1. The van der Waals surface area contributed by atoms with Gasteiger partial charge in [0, 0.05) is 30.7 Å². The number of nitro groups is 1. The van der Waals surface area contributed by atoms with E-state index in [1.165, 1.54) is 19.0 Å². The zero-order valence-corrected chi connectivity index (χ0v) is 11.7. The summed E-state index contributed by atoms with van der Waals surface area (Å²) >= 11 is 0. The van der Waals surface area contributed by atoms with Gasteiger partial charge in [0.05, 0.1) is 4.92 Å². The van der Waals surface area contributed by atoms with Crippen LogP contribution in [0.3, 0.4) is 0 Å². The Morgan fingerprint density at radius 1 is 1.40 bits per heavy atom. The van der Waals surface area contributed by atoms with E-state index in [-0.39, 0.29) is 5.69 Å². The minimum absolute atomic E-state index is 0.0511. The number of aromatic nitrogens is 1. The molecule has 2 atom stereocenters. The highest BCUT2D eigenvalue weighted by molar-refractivity contribution is 5.44. The van der Waals surface area contributed by atoms with Crippen LogP contribution in [0.25, 0.3) is 0 Å². The van der Waals surface area contributed by atoms with Crippen molar-refractivity contribution in [1.82, 2.24) is 10.3 Å². The number of rotatable bonds is 4. The Morgan fingerprint density at radius 3 is 2.60 bits per heavy atom. The number of pyridine rings is 1. The van der Waals surface area contributed by atoms with Gasteiger partial charge in [-0.05, 0) is 38.7 Å². The first-order chi connectivity index (χ1) is 9.67. The molecular weight excluding hydrogens is 256 g/mol. The van der Waals surface area contributed by atoms with Crippen LogP contribution >= 0.6 is 0 Å². The average molecular weight is 276 g/mol. The van der Waals surface area contributed by atoms with Gasteiger partial charge in [-0.3, -0.25) is 10.1 Å². The molecule has 0 spiro atoms. The second-order valence-electron chi connectivity index (χ2n) is 5.68. The van der Waals surface area contributed by atoms with E-state index >= 15 is 0 Å². The molecule has 2 bridgehead atoms. The van der Waals surface area contributed by atoms with Crippen molar-refractivity contribution in [2.24, 2.45) is 0 Å². The normalized spacial score (nSPS) is 28.4. The highest BCUT2D eigenvalue weighted by atomic mass is 16.6. The molecule has 2 fully saturated rings. The van der Waals surface area contributed by atoms with Crippen LogP contribution in [0.4, 0.5) is 11.5 Å². The Balaban J connectivity index is 1.77. The molecule has 20 heavy (non-hydrogen) atoms. The SMILES string of the molecule is CCN(c1ccc([N+](=O)[O-])cn1)C1CC2CCC(C1)N2. The molecule has 2 saturated heterocycles. The van der Waals surface area contributed by atoms with Crippen LogP contribution in [-0.2, 0) is 0 Å². The standard InChI is InChI=1S/C14H20N4O2/c1-2-17(13-7-10-3-4-11(8-13)16-10)14-6-5-12(9-15-14)18(19)20/h5-6,9-11,13,16H,2-4,7-8H2,1H3. The molecule has 3 heterocycles. The van der Waals surface area contributed by atoms with Crippen molar-refractivity contribution in [2.45, 2.75) is 50.7 Å². The van der Waals surface area contributed by atoms with E-state index in [0.717, 1.165) is 25.2 Å². The summed E-state index contributed by atoms with van der Waals surface area (Å²) in [4.78, 5) is 16.9. The van der Waals surface area contributed by atoms with Gasteiger partial charge in [0.1, 0.15) is 12.0 Å². The maximum atomic E-state index is 10.7. The van der Waals surface area contributed by atoms with Crippen LogP contribution in [0, 0.1) is 10.1 Å². The largest absolute Gasteiger partial charge is 0.354 e. The van der Waals surface area contributed by atoms with Crippen molar-refractivity contribution in [3.63, 3.8) is 0 Å². The molecule has 2 aliphatic heterocycles. The molecule has 6 nitrogen and oxygen atoms in total. The Hall–Kier alpha value is -1.69. The second-order valence-corrected chi connectivity index (χ2v) is 5.68. The van der Waals surface area contributed by atoms with Gasteiger partial charge in [-0.25, -0.2) is 4.98 Å². The van der Waals surface area contributed by atoms with E-state index < -0.39 is 4.92 Å². The fourth-order valence-corrected chi connectivity index (χ4v) is 3.55. The van der Waals surface area contributed by atoms with E-state index in [1.54, 1.807) is 12.1 Å². The maximum absolute atomic E-state index is 10.7. The molecule has 2 unspecified atom stereocenters. The summed E-state index contributed by atoms with van der Waals surface area (Å²) < 4.78 is 0. The van der Waals surface area contributed by atoms with Crippen molar-refractivity contribution in [3.05, 3.63) is 28.4 Å².